The SMILES string of the molecule is CC1=CC(C)(C)N(CC(=O)NN)c2cc(C)ccc21. The van der Waals surface area contributed by atoms with Crippen LogP contribution in [0.5, 0.6) is 0 Å². The van der Waals surface area contributed by atoms with Crippen LogP contribution in [-0.4, -0.2) is 18.0 Å². The summed E-state index contributed by atoms with van der Waals surface area (Å²) < 4.78 is 0. The molecule has 0 radical (unpaired) electrons. The largest absolute Gasteiger partial charge is 0.353 e. The van der Waals surface area contributed by atoms with Crippen molar-refractivity contribution in [2.24, 2.45) is 5.84 Å². The Balaban J connectivity index is 2.52. The lowest BCUT2D eigenvalue weighted by Crippen LogP contribution is -2.51. The molecule has 1 aliphatic rings. The Morgan fingerprint density at radius 2 is 2.05 bits per heavy atom. The first kappa shape index (κ1) is 13.6. The van der Waals surface area contributed by atoms with Crippen molar-refractivity contribution in [2.45, 2.75) is 33.2 Å². The van der Waals surface area contributed by atoms with Crippen LogP contribution in [0.15, 0.2) is 24.3 Å². The van der Waals surface area contributed by atoms with Crippen LogP contribution in [0.1, 0.15) is 31.9 Å². The number of anilines is 1. The maximum absolute atomic E-state index is 11.6. The van der Waals surface area contributed by atoms with Gasteiger partial charge >= 0.3 is 0 Å². The number of hydrogen-bond donors (Lipinski definition) is 2. The highest BCUT2D eigenvalue weighted by Crippen LogP contribution is 2.38. The summed E-state index contributed by atoms with van der Waals surface area (Å²) in [5.74, 6) is 5.03. The van der Waals surface area contributed by atoms with Crippen LogP contribution < -0.4 is 16.2 Å². The zero-order chi connectivity index (χ0) is 14.2. The van der Waals surface area contributed by atoms with E-state index >= 15 is 0 Å². The van der Waals surface area contributed by atoms with Gasteiger partial charge in [-0.15, -0.1) is 0 Å². The lowest BCUT2D eigenvalue weighted by molar-refractivity contribution is -0.120. The molecule has 1 aromatic carbocycles. The first-order chi connectivity index (χ1) is 8.85. The van der Waals surface area contributed by atoms with E-state index in [0.29, 0.717) is 0 Å². The lowest BCUT2D eigenvalue weighted by Gasteiger charge is -2.42. The van der Waals surface area contributed by atoms with Gasteiger partial charge in [0.2, 0.25) is 0 Å². The highest BCUT2D eigenvalue weighted by molar-refractivity contribution is 5.87. The summed E-state index contributed by atoms with van der Waals surface area (Å²) in [5, 5.41) is 0. The van der Waals surface area contributed by atoms with Crippen LogP contribution in [-0.2, 0) is 4.79 Å². The molecule has 1 amide bonds. The van der Waals surface area contributed by atoms with Crippen molar-refractivity contribution < 1.29 is 4.79 Å². The number of amides is 1. The van der Waals surface area contributed by atoms with E-state index in [1.165, 1.54) is 16.7 Å². The quantitative estimate of drug-likeness (QED) is 0.485. The van der Waals surface area contributed by atoms with Crippen LogP contribution in [0.2, 0.25) is 0 Å². The Morgan fingerprint density at radius 1 is 1.37 bits per heavy atom. The number of hydrazine groups is 1. The van der Waals surface area contributed by atoms with Gasteiger partial charge in [0.1, 0.15) is 0 Å². The van der Waals surface area contributed by atoms with Crippen molar-refractivity contribution in [2.75, 3.05) is 11.4 Å². The summed E-state index contributed by atoms with van der Waals surface area (Å²) in [7, 11) is 0. The van der Waals surface area contributed by atoms with E-state index in [1.54, 1.807) is 0 Å². The van der Waals surface area contributed by atoms with Gasteiger partial charge in [-0.3, -0.25) is 10.2 Å². The number of hydrogen-bond acceptors (Lipinski definition) is 3. The van der Waals surface area contributed by atoms with Gasteiger partial charge in [0.05, 0.1) is 12.1 Å². The van der Waals surface area contributed by atoms with Gasteiger partial charge < -0.3 is 4.90 Å². The zero-order valence-corrected chi connectivity index (χ0v) is 11.9. The Bertz CT molecular complexity index is 546. The van der Waals surface area contributed by atoms with Crippen molar-refractivity contribution in [1.29, 1.82) is 0 Å². The first-order valence-corrected chi connectivity index (χ1v) is 6.43. The minimum Gasteiger partial charge on any atom is -0.353 e. The summed E-state index contributed by atoms with van der Waals surface area (Å²) in [6, 6.07) is 6.33. The molecular weight excluding hydrogens is 238 g/mol. The molecular formula is C15H21N3O. The lowest BCUT2D eigenvalue weighted by atomic mass is 9.88. The molecule has 1 aliphatic heterocycles. The predicted octanol–water partition coefficient (Wildman–Crippen LogP) is 1.99. The van der Waals surface area contributed by atoms with Gasteiger partial charge in [-0.05, 0) is 44.9 Å². The number of carbonyl (C=O) groups excluding carboxylic acids is 1. The van der Waals surface area contributed by atoms with Crippen LogP contribution in [0.25, 0.3) is 5.57 Å². The van der Waals surface area contributed by atoms with E-state index in [4.69, 9.17) is 5.84 Å². The molecule has 0 aromatic heterocycles. The van der Waals surface area contributed by atoms with Crippen LogP contribution in [0.3, 0.4) is 0 Å². The molecule has 0 unspecified atom stereocenters. The smallest absolute Gasteiger partial charge is 0.253 e. The summed E-state index contributed by atoms with van der Waals surface area (Å²) in [6.45, 7) is 8.62. The Morgan fingerprint density at radius 3 is 2.68 bits per heavy atom. The molecule has 0 saturated heterocycles. The number of nitrogens with zero attached hydrogens (tertiary/aromatic N) is 1. The third kappa shape index (κ3) is 2.49. The highest BCUT2D eigenvalue weighted by Gasteiger charge is 2.32. The van der Waals surface area contributed by atoms with Crippen molar-refractivity contribution in [3.8, 4) is 0 Å². The molecule has 102 valence electrons. The normalized spacial score (nSPS) is 16.7. The molecule has 0 saturated carbocycles. The van der Waals surface area contributed by atoms with Crippen LogP contribution in [0.4, 0.5) is 5.69 Å². The van der Waals surface area contributed by atoms with E-state index in [0.717, 1.165) is 5.69 Å². The number of aryl methyl sites for hydroxylation is 1. The molecule has 2 rings (SSSR count). The number of nitrogens with one attached hydrogen (secondary N) is 1. The molecule has 0 spiro atoms. The van der Waals surface area contributed by atoms with E-state index in [9.17, 15) is 4.79 Å². The molecule has 3 N–H and O–H groups in total. The number of allylic oxidation sites excluding steroid dienone is 1. The summed E-state index contributed by atoms with van der Waals surface area (Å²) in [6.07, 6.45) is 2.19. The average molecular weight is 259 g/mol. The van der Waals surface area contributed by atoms with Crippen molar-refractivity contribution >= 4 is 17.2 Å². The number of fused-ring (bicyclic) bond motifs is 1. The molecule has 0 atom stereocenters. The van der Waals surface area contributed by atoms with Crippen molar-refractivity contribution in [3.05, 3.63) is 35.4 Å². The van der Waals surface area contributed by atoms with Crippen molar-refractivity contribution in [3.63, 3.8) is 0 Å². The predicted molar refractivity (Wildman–Crippen MR) is 78.6 cm³/mol. The number of carbonyl (C=O) groups is 1. The summed E-state index contributed by atoms with van der Waals surface area (Å²) in [4.78, 5) is 13.7. The van der Waals surface area contributed by atoms with Gasteiger partial charge in [-0.1, -0.05) is 18.2 Å². The number of nitrogens with two attached hydrogens (primary N) is 1. The molecule has 4 nitrogen and oxygen atoms in total. The standard InChI is InChI=1S/C15H21N3O/c1-10-5-6-12-11(2)8-15(3,4)18(13(12)7-10)9-14(19)17-16/h5-8H,9,16H2,1-4H3,(H,17,19). The Labute approximate surface area is 114 Å². The first-order valence-electron chi connectivity index (χ1n) is 6.43. The molecule has 0 aliphatic carbocycles. The van der Waals surface area contributed by atoms with Crippen LogP contribution in [0, 0.1) is 6.92 Å². The maximum Gasteiger partial charge on any atom is 0.253 e. The molecule has 0 bridgehead atoms. The van der Waals surface area contributed by atoms with E-state index in [2.05, 4.69) is 62.3 Å². The van der Waals surface area contributed by atoms with E-state index in [1.807, 2.05) is 0 Å². The maximum atomic E-state index is 11.6. The molecule has 0 fully saturated rings. The van der Waals surface area contributed by atoms with E-state index in [-0.39, 0.29) is 18.0 Å². The minimum atomic E-state index is -0.211. The fourth-order valence-corrected chi connectivity index (χ4v) is 2.67. The zero-order valence-electron chi connectivity index (χ0n) is 11.9. The molecule has 19 heavy (non-hydrogen) atoms. The number of rotatable bonds is 2. The second-order valence-electron chi connectivity index (χ2n) is 5.66. The molecule has 1 heterocycles. The average Bonchev–Trinajstić information content (AvgIpc) is 2.33. The Hall–Kier alpha value is -1.81. The van der Waals surface area contributed by atoms with Crippen molar-refractivity contribution in [1.82, 2.24) is 5.43 Å². The monoisotopic (exact) mass is 259 g/mol. The van der Waals surface area contributed by atoms with Gasteiger partial charge in [0, 0.05) is 11.3 Å². The molecule has 4 heteroatoms. The molecule has 1 aromatic rings. The topological polar surface area (TPSA) is 58.4 Å². The van der Waals surface area contributed by atoms with Gasteiger partial charge in [0.25, 0.3) is 5.91 Å². The van der Waals surface area contributed by atoms with Gasteiger partial charge in [0.15, 0.2) is 0 Å². The number of benzene rings is 1. The second-order valence-corrected chi connectivity index (χ2v) is 5.66. The highest BCUT2D eigenvalue weighted by atomic mass is 16.2. The third-order valence-corrected chi connectivity index (χ3v) is 3.60. The fraction of sp³-hybridized carbons (Fsp3) is 0.400. The minimum absolute atomic E-state index is 0.187. The summed E-state index contributed by atoms with van der Waals surface area (Å²) >= 11 is 0. The summed E-state index contributed by atoms with van der Waals surface area (Å²) in [5.41, 5.74) is 6.68. The second kappa shape index (κ2) is 4.70. The van der Waals surface area contributed by atoms with E-state index < -0.39 is 0 Å². The van der Waals surface area contributed by atoms with Crippen LogP contribution >= 0.6 is 0 Å². The van der Waals surface area contributed by atoms with Gasteiger partial charge in [-0.2, -0.15) is 0 Å². The Kier molecular flexibility index (Phi) is 3.37. The van der Waals surface area contributed by atoms with Gasteiger partial charge in [-0.25, -0.2) is 5.84 Å². The fourth-order valence-electron chi connectivity index (χ4n) is 2.67. The third-order valence-electron chi connectivity index (χ3n) is 3.60.